The van der Waals surface area contributed by atoms with E-state index in [1.165, 1.54) is 4.57 Å². The Morgan fingerprint density at radius 2 is 1.91 bits per heavy atom. The van der Waals surface area contributed by atoms with E-state index in [9.17, 15) is 9.59 Å². The number of carbonyl (C=O) groups is 1. The van der Waals surface area contributed by atoms with Crippen LogP contribution in [-0.2, 0) is 11.2 Å². The maximum absolute atomic E-state index is 13.9. The second kappa shape index (κ2) is 7.09. The van der Waals surface area contributed by atoms with Crippen LogP contribution in [0, 0.1) is 6.92 Å². The van der Waals surface area contributed by atoms with Crippen molar-refractivity contribution in [3.63, 3.8) is 0 Å². The fraction of sp³-hybridized carbons (Fsp3) is 0.160. The van der Waals surface area contributed by atoms with Gasteiger partial charge in [-0.1, -0.05) is 30.3 Å². The first-order chi connectivity index (χ1) is 16.0. The number of aryl methyl sites for hydroxylation is 1. The van der Waals surface area contributed by atoms with Crippen LogP contribution in [0.25, 0.3) is 10.9 Å². The molecule has 6 rings (SSSR count). The van der Waals surface area contributed by atoms with Crippen molar-refractivity contribution in [3.05, 3.63) is 93.8 Å². The molecule has 2 aromatic carbocycles. The van der Waals surface area contributed by atoms with Crippen LogP contribution in [0.2, 0.25) is 0 Å². The molecule has 33 heavy (non-hydrogen) atoms. The van der Waals surface area contributed by atoms with Gasteiger partial charge >= 0.3 is 0 Å². The minimum Gasteiger partial charge on any atom is -0.399 e. The molecule has 8 heteroatoms. The number of fused-ring (bicyclic) bond motifs is 1. The molecular weight excluding hydrogens is 416 g/mol. The van der Waals surface area contributed by atoms with Crippen LogP contribution in [0.4, 0.5) is 11.4 Å². The molecule has 2 aliphatic rings. The first-order valence-corrected chi connectivity index (χ1v) is 10.7. The Labute approximate surface area is 189 Å². The maximum Gasteiger partial charge on any atom is 0.272 e. The van der Waals surface area contributed by atoms with Crippen LogP contribution in [0.1, 0.15) is 28.7 Å². The van der Waals surface area contributed by atoms with Crippen LogP contribution in [0.5, 0.6) is 0 Å². The summed E-state index contributed by atoms with van der Waals surface area (Å²) < 4.78 is 1.39. The van der Waals surface area contributed by atoms with Gasteiger partial charge < -0.3 is 10.6 Å². The number of amides is 1. The highest BCUT2D eigenvalue weighted by Crippen LogP contribution is 2.39. The van der Waals surface area contributed by atoms with Gasteiger partial charge in [-0.15, -0.1) is 0 Å². The predicted molar refractivity (Wildman–Crippen MR) is 127 cm³/mol. The number of anilines is 2. The van der Waals surface area contributed by atoms with E-state index in [0.717, 1.165) is 22.4 Å². The van der Waals surface area contributed by atoms with E-state index in [1.807, 2.05) is 42.5 Å². The molecular formula is C25H20N6O2. The summed E-state index contributed by atoms with van der Waals surface area (Å²) in [5, 5.41) is 0.396. The Kier molecular flexibility index (Phi) is 4.16. The molecule has 1 unspecified atom stereocenters. The average Bonchev–Trinajstić information content (AvgIpc) is 3.20. The van der Waals surface area contributed by atoms with Crippen LogP contribution >= 0.6 is 0 Å². The monoisotopic (exact) mass is 436 g/mol. The molecule has 0 spiro atoms. The summed E-state index contributed by atoms with van der Waals surface area (Å²) >= 11 is 0. The molecule has 0 saturated carbocycles. The zero-order valence-corrected chi connectivity index (χ0v) is 17.9. The number of aromatic nitrogens is 3. The number of nitrogens with two attached hydrogens (primary N) is 1. The molecule has 1 amide bonds. The van der Waals surface area contributed by atoms with E-state index in [1.54, 1.807) is 30.3 Å². The first-order valence-electron chi connectivity index (χ1n) is 10.7. The molecule has 0 fully saturated rings. The predicted octanol–water partition coefficient (Wildman–Crippen LogP) is 2.62. The van der Waals surface area contributed by atoms with Gasteiger partial charge in [-0.05, 0) is 37.1 Å². The Hall–Kier alpha value is -4.33. The number of hydrogen-bond acceptors (Lipinski definition) is 6. The molecule has 2 aromatic heterocycles. The quantitative estimate of drug-likeness (QED) is 0.486. The number of pyridine rings is 1. The normalized spacial score (nSPS) is 17.1. The number of benzene rings is 2. The summed E-state index contributed by atoms with van der Waals surface area (Å²) in [5.41, 5.74) is 11.1. The van der Waals surface area contributed by atoms with Gasteiger partial charge in [-0.25, -0.2) is 9.98 Å². The van der Waals surface area contributed by atoms with E-state index in [4.69, 9.17) is 10.7 Å². The Morgan fingerprint density at radius 1 is 1.09 bits per heavy atom. The van der Waals surface area contributed by atoms with Crippen molar-refractivity contribution in [1.29, 1.82) is 0 Å². The van der Waals surface area contributed by atoms with E-state index >= 15 is 0 Å². The van der Waals surface area contributed by atoms with Gasteiger partial charge in [-0.3, -0.25) is 19.1 Å². The summed E-state index contributed by atoms with van der Waals surface area (Å²) in [5.74, 6) is 0.144. The molecule has 1 atom stereocenters. The second-order valence-corrected chi connectivity index (χ2v) is 8.26. The smallest absolute Gasteiger partial charge is 0.272 e. The Morgan fingerprint density at radius 3 is 2.73 bits per heavy atom. The lowest BCUT2D eigenvalue weighted by Gasteiger charge is -2.22. The molecule has 0 radical (unpaired) electrons. The van der Waals surface area contributed by atoms with Crippen molar-refractivity contribution in [1.82, 2.24) is 14.5 Å². The number of hydrogen-bond donors (Lipinski definition) is 1. The summed E-state index contributed by atoms with van der Waals surface area (Å²) in [6, 6.07) is 15.1. The summed E-state index contributed by atoms with van der Waals surface area (Å²) in [4.78, 5) is 42.6. The van der Waals surface area contributed by atoms with E-state index in [-0.39, 0.29) is 11.5 Å². The third kappa shape index (κ3) is 2.87. The molecule has 4 heterocycles. The van der Waals surface area contributed by atoms with Gasteiger partial charge in [0.15, 0.2) is 0 Å². The van der Waals surface area contributed by atoms with E-state index < -0.39 is 6.17 Å². The number of nitrogen functional groups attached to an aromatic ring is 1. The zero-order chi connectivity index (χ0) is 22.7. The molecule has 0 saturated heterocycles. The number of aliphatic imine (C=N–C) groups is 1. The van der Waals surface area contributed by atoms with Crippen LogP contribution < -0.4 is 16.2 Å². The summed E-state index contributed by atoms with van der Waals surface area (Å²) in [6.07, 6.45) is 2.71. The third-order valence-corrected chi connectivity index (χ3v) is 6.25. The molecule has 2 aliphatic heterocycles. The Bertz CT molecular complexity index is 1540. The molecule has 162 valence electrons. The standard InChI is InChI=1S/C25H20N6O2/c1-14-28-20-13-27-9-7-18(20)24(32)31(14)23-25(33)30-10-8-16-11-17(26)12-19(22(16)30)21(29-23)15-5-3-2-4-6-15/h2-7,9,11-13,23H,8,10,26H2,1H3. The fourth-order valence-electron chi connectivity index (χ4n) is 4.80. The van der Waals surface area contributed by atoms with E-state index in [2.05, 4.69) is 9.97 Å². The van der Waals surface area contributed by atoms with Gasteiger partial charge in [0, 0.05) is 29.6 Å². The van der Waals surface area contributed by atoms with Crippen LogP contribution in [0.3, 0.4) is 0 Å². The summed E-state index contributed by atoms with van der Waals surface area (Å²) in [7, 11) is 0. The van der Waals surface area contributed by atoms with Crippen molar-refractivity contribution in [2.75, 3.05) is 17.2 Å². The lowest BCUT2D eigenvalue weighted by Crippen LogP contribution is -2.39. The van der Waals surface area contributed by atoms with Crippen molar-refractivity contribution >= 4 is 33.9 Å². The maximum atomic E-state index is 13.9. The number of carbonyl (C=O) groups excluding carboxylic acids is 1. The van der Waals surface area contributed by atoms with Gasteiger partial charge in [-0.2, -0.15) is 0 Å². The lowest BCUT2D eigenvalue weighted by molar-refractivity contribution is -0.121. The number of nitrogens with zero attached hydrogens (tertiary/aromatic N) is 5. The fourth-order valence-corrected chi connectivity index (χ4v) is 4.80. The lowest BCUT2D eigenvalue weighted by atomic mass is 9.97. The highest BCUT2D eigenvalue weighted by atomic mass is 16.2. The Balaban J connectivity index is 1.67. The summed E-state index contributed by atoms with van der Waals surface area (Å²) in [6.45, 7) is 2.22. The van der Waals surface area contributed by atoms with Crippen molar-refractivity contribution in [2.24, 2.45) is 4.99 Å². The highest BCUT2D eigenvalue weighted by Gasteiger charge is 2.38. The highest BCUT2D eigenvalue weighted by molar-refractivity contribution is 6.21. The molecule has 2 N–H and O–H groups in total. The second-order valence-electron chi connectivity index (χ2n) is 8.26. The minimum atomic E-state index is -1.09. The van der Waals surface area contributed by atoms with Crippen LogP contribution in [-0.4, -0.2) is 32.7 Å². The average molecular weight is 436 g/mol. The van der Waals surface area contributed by atoms with Gasteiger partial charge in [0.2, 0.25) is 6.17 Å². The van der Waals surface area contributed by atoms with Gasteiger partial charge in [0.25, 0.3) is 11.5 Å². The topological polar surface area (TPSA) is 106 Å². The first kappa shape index (κ1) is 19.4. The van der Waals surface area contributed by atoms with Gasteiger partial charge in [0.05, 0.1) is 28.5 Å². The van der Waals surface area contributed by atoms with Crippen molar-refractivity contribution in [2.45, 2.75) is 19.5 Å². The molecule has 8 nitrogen and oxygen atoms in total. The van der Waals surface area contributed by atoms with Crippen molar-refractivity contribution in [3.8, 4) is 0 Å². The largest absolute Gasteiger partial charge is 0.399 e. The zero-order valence-electron chi connectivity index (χ0n) is 17.9. The van der Waals surface area contributed by atoms with Crippen LogP contribution in [0.15, 0.2) is 70.7 Å². The molecule has 0 bridgehead atoms. The SMILES string of the molecule is Cc1nc2cnccc2c(=O)n1C1N=C(c2ccccc2)c2cc(N)cc3c2N(CC3)C1=O. The van der Waals surface area contributed by atoms with E-state index in [0.29, 0.717) is 41.1 Å². The minimum absolute atomic E-state index is 0.258. The van der Waals surface area contributed by atoms with Gasteiger partial charge in [0.1, 0.15) is 5.82 Å². The number of rotatable bonds is 2. The molecule has 0 aliphatic carbocycles. The molecule has 4 aromatic rings. The van der Waals surface area contributed by atoms with Crippen molar-refractivity contribution < 1.29 is 4.79 Å². The third-order valence-electron chi connectivity index (χ3n) is 6.25.